The van der Waals surface area contributed by atoms with Crippen LogP contribution in [0.15, 0.2) is 218 Å². The minimum Gasteiger partial charge on any atom is -0.507 e. The number of carboxylic acid groups (broad SMARTS) is 1. The molecule has 20 nitrogen and oxygen atoms in total. The normalized spacial score (nSPS) is 17.5. The first-order chi connectivity index (χ1) is 48.0. The van der Waals surface area contributed by atoms with Crippen molar-refractivity contribution in [2.45, 2.75) is 66.6 Å². The smallest absolute Gasteiger partial charge is 0.301 e. The third kappa shape index (κ3) is 13.7. The van der Waals surface area contributed by atoms with E-state index >= 15 is 0 Å². The van der Waals surface area contributed by atoms with Gasteiger partial charge in [-0.25, -0.2) is 15.0 Å². The number of carbonyl (C=O) groups excluding carboxylic acids is 6. The van der Waals surface area contributed by atoms with Crippen LogP contribution >= 0.6 is 34.0 Å². The molecule has 0 bridgehead atoms. The highest BCUT2D eigenvalue weighted by molar-refractivity contribution is 7.23. The Kier molecular flexibility index (Phi) is 19.4. The van der Waals surface area contributed by atoms with Crippen LogP contribution in [0.2, 0.25) is 0 Å². The van der Waals surface area contributed by atoms with E-state index in [9.17, 15) is 44.1 Å². The van der Waals surface area contributed by atoms with Crippen LogP contribution in [0.4, 0.5) is 15.4 Å². The summed E-state index contributed by atoms with van der Waals surface area (Å²) in [4.78, 5) is 118. The van der Waals surface area contributed by atoms with Gasteiger partial charge in [0.2, 0.25) is 0 Å². The lowest BCUT2D eigenvalue weighted by molar-refractivity contribution is -0.134. The first kappa shape index (κ1) is 67.9. The van der Waals surface area contributed by atoms with Gasteiger partial charge in [0.15, 0.2) is 15.4 Å². The molecule has 0 saturated carbocycles. The summed E-state index contributed by atoms with van der Waals surface area (Å²) in [7, 11) is 0. The number of amides is 3. The second-order valence-corrected chi connectivity index (χ2v) is 26.9. The fraction of sp³-hybridized carbons (Fsp3) is 0.130. The molecule has 3 saturated heterocycles. The van der Waals surface area contributed by atoms with E-state index in [-0.39, 0.29) is 34.0 Å². The third-order valence-electron chi connectivity index (χ3n) is 16.6. The third-order valence-corrected chi connectivity index (χ3v) is 19.6. The number of aromatic nitrogens is 6. The molecule has 3 aliphatic rings. The molecule has 3 unspecified atom stereocenters. The zero-order valence-electron chi connectivity index (χ0n) is 54.7. The molecule has 6 aromatic heterocycles. The van der Waals surface area contributed by atoms with Crippen molar-refractivity contribution in [1.82, 2.24) is 29.9 Å². The van der Waals surface area contributed by atoms with Crippen LogP contribution in [0.25, 0.3) is 47.9 Å². The number of nitrogens with zero attached hydrogens (tertiary/aromatic N) is 9. The Morgan fingerprint density at radius 2 is 0.560 bits per heavy atom. The van der Waals surface area contributed by atoms with Crippen LogP contribution in [0.1, 0.15) is 91.8 Å². The summed E-state index contributed by atoms with van der Waals surface area (Å²) in [5.41, 5.74) is 12.2. The SMILES string of the molecule is CC(=O)O.Cc1ccc(/C(O)=C2\C(=O)C(=O)N(c3nc4ccc(C)cc4s3)C2c2ccncc2)cc1.Cc1ccc(/C(O)=C2\C(=O)C(=O)N(c3nc4ccc(C)cc4s3)C2c2ccncc2)cc1.Cc1ccc(/C(O)=C2\C(=O)C(=O)N(c3nc4ccc(C)cc4s3)C2c2ccncc2)cc1. The van der Waals surface area contributed by atoms with E-state index in [1.165, 1.54) is 48.7 Å². The Morgan fingerprint density at radius 3 is 0.790 bits per heavy atom. The number of hydrogen-bond donors (Lipinski definition) is 4. The fourth-order valence-electron chi connectivity index (χ4n) is 11.6. The number of aryl methyl sites for hydroxylation is 6. The van der Waals surface area contributed by atoms with Gasteiger partial charge in [-0.15, -0.1) is 0 Å². The second-order valence-electron chi connectivity index (χ2n) is 23.9. The summed E-state index contributed by atoms with van der Waals surface area (Å²) in [5.74, 6) is -5.79. The van der Waals surface area contributed by atoms with Crippen LogP contribution in [0.5, 0.6) is 0 Å². The van der Waals surface area contributed by atoms with E-state index < -0.39 is 59.2 Å². The topological polar surface area (TPSA) is 287 Å². The minimum absolute atomic E-state index is 0.0421. The van der Waals surface area contributed by atoms with Gasteiger partial charge in [0.25, 0.3) is 23.3 Å². The minimum atomic E-state index is -0.833. The maximum absolute atomic E-state index is 13.2. The van der Waals surface area contributed by atoms with Gasteiger partial charge in [-0.3, -0.25) is 63.2 Å². The lowest BCUT2D eigenvalue weighted by atomic mass is 9.96. The van der Waals surface area contributed by atoms with Gasteiger partial charge >= 0.3 is 17.7 Å². The molecule has 3 amide bonds. The van der Waals surface area contributed by atoms with Crippen molar-refractivity contribution in [2.75, 3.05) is 14.7 Å². The van der Waals surface area contributed by atoms with Crippen molar-refractivity contribution in [3.05, 3.63) is 284 Å². The number of hydrogen-bond acceptors (Lipinski definition) is 19. The number of ketones is 3. The zero-order chi connectivity index (χ0) is 70.8. The number of rotatable bonds is 9. The van der Waals surface area contributed by atoms with Crippen LogP contribution in [0, 0.1) is 41.5 Å². The molecule has 15 rings (SSSR count). The largest absolute Gasteiger partial charge is 0.507 e. The van der Waals surface area contributed by atoms with Crippen molar-refractivity contribution in [1.29, 1.82) is 0 Å². The molecule has 23 heteroatoms. The van der Waals surface area contributed by atoms with Crippen LogP contribution in [0.3, 0.4) is 0 Å². The number of thiazole rings is 3. The maximum atomic E-state index is 13.2. The van der Waals surface area contributed by atoms with Gasteiger partial charge in [0.1, 0.15) is 17.3 Å². The standard InChI is InChI=1S/3C25H19N3O3S.C2H4O2/c3*1-14-3-6-17(7-4-14)22(29)20-21(16-9-11-26-12-10-16)28(24(31)23(20)30)25-27-18-8-5-15(2)13-19(18)32-25;1-2(3)4/h3*3-13,21,29H,1-2H3;1H3,(H,3,4)/b3*22-20+;. The van der Waals surface area contributed by atoms with Gasteiger partial charge in [-0.1, -0.05) is 142 Å². The molecule has 0 spiro atoms. The van der Waals surface area contributed by atoms with Gasteiger partial charge < -0.3 is 20.4 Å². The van der Waals surface area contributed by atoms with Gasteiger partial charge in [-0.2, -0.15) is 0 Å². The van der Waals surface area contributed by atoms with Crippen LogP contribution < -0.4 is 14.7 Å². The van der Waals surface area contributed by atoms with Crippen molar-refractivity contribution >= 4 is 138 Å². The van der Waals surface area contributed by atoms with E-state index in [0.29, 0.717) is 48.8 Å². The van der Waals surface area contributed by atoms with Crippen LogP contribution in [-0.4, -0.2) is 91.4 Å². The van der Waals surface area contributed by atoms with Gasteiger partial charge in [0.05, 0.1) is 65.5 Å². The molecule has 3 aliphatic heterocycles. The maximum Gasteiger partial charge on any atom is 0.301 e. The molecule has 6 aromatic carbocycles. The van der Waals surface area contributed by atoms with Crippen molar-refractivity contribution < 1.29 is 54.0 Å². The Labute approximate surface area is 584 Å². The van der Waals surface area contributed by atoms with E-state index in [0.717, 1.165) is 71.0 Å². The molecule has 3 atom stereocenters. The Morgan fingerprint density at radius 1 is 0.340 bits per heavy atom. The monoisotopic (exact) mass is 1380 g/mol. The van der Waals surface area contributed by atoms with Crippen molar-refractivity contribution in [3.63, 3.8) is 0 Å². The number of carboxylic acids is 1. The van der Waals surface area contributed by atoms with E-state index in [1.807, 2.05) is 133 Å². The van der Waals surface area contributed by atoms with Gasteiger partial charge in [-0.05, 0) is 148 Å². The summed E-state index contributed by atoms with van der Waals surface area (Å²) in [5, 5.41) is 42.0. The summed E-state index contributed by atoms with van der Waals surface area (Å²) in [6.07, 6.45) is 9.60. The quantitative estimate of drug-likeness (QED) is 0.0593. The van der Waals surface area contributed by atoms with Gasteiger partial charge in [0, 0.05) is 60.8 Å². The highest BCUT2D eigenvalue weighted by atomic mass is 32.1. The molecule has 100 heavy (non-hydrogen) atoms. The zero-order valence-corrected chi connectivity index (χ0v) is 57.1. The molecule has 9 heterocycles. The summed E-state index contributed by atoms with van der Waals surface area (Å²) < 4.78 is 2.77. The lowest BCUT2D eigenvalue weighted by Gasteiger charge is -2.22. The van der Waals surface area contributed by atoms with Crippen LogP contribution in [-0.2, 0) is 33.6 Å². The molecule has 0 aliphatic carbocycles. The average molecular weight is 1380 g/mol. The molecule has 12 aromatic rings. The predicted molar refractivity (Wildman–Crippen MR) is 387 cm³/mol. The number of aliphatic hydroxyl groups is 3. The first-order valence-electron chi connectivity index (χ1n) is 31.2. The number of Topliss-reactive ketones (excluding diaryl/α,β-unsaturated/α-hetero) is 3. The Hall–Kier alpha value is -12.1. The first-order valence-corrected chi connectivity index (χ1v) is 33.6. The summed E-state index contributed by atoms with van der Waals surface area (Å²) >= 11 is 4.04. The predicted octanol–water partition coefficient (Wildman–Crippen LogP) is 14.9. The fourth-order valence-corrected chi connectivity index (χ4v) is 14.9. The molecular formula is C77H61N9O11S3. The number of fused-ring (bicyclic) bond motifs is 3. The van der Waals surface area contributed by atoms with E-state index in [2.05, 4.69) is 29.9 Å². The van der Waals surface area contributed by atoms with Crippen molar-refractivity contribution in [2.24, 2.45) is 0 Å². The highest BCUT2D eigenvalue weighted by Gasteiger charge is 2.51. The number of anilines is 3. The number of pyridine rings is 3. The second kappa shape index (κ2) is 28.6. The van der Waals surface area contributed by atoms with Crippen molar-refractivity contribution in [3.8, 4) is 0 Å². The number of benzene rings is 6. The lowest BCUT2D eigenvalue weighted by Crippen LogP contribution is -2.29. The number of aliphatic hydroxyl groups excluding tert-OH is 3. The number of aliphatic carboxylic acids is 1. The molecule has 3 fully saturated rings. The molecule has 498 valence electrons. The summed E-state index contributed by atoms with van der Waals surface area (Å²) in [6, 6.07) is 47.1. The Bertz CT molecular complexity index is 4810. The average Bonchev–Trinajstić information content (AvgIpc) is 1.61. The molecule has 4 N–H and O–H groups in total. The highest BCUT2D eigenvalue weighted by Crippen LogP contribution is 2.48. The molecule has 0 radical (unpaired) electrons. The molecular weight excluding hydrogens is 1320 g/mol. The van der Waals surface area contributed by atoms with E-state index in [1.54, 1.807) is 110 Å². The Balaban J connectivity index is 0.000000138. The summed E-state index contributed by atoms with van der Waals surface area (Å²) in [6.45, 7) is 12.9. The van der Waals surface area contributed by atoms with E-state index in [4.69, 9.17) is 9.90 Å². The number of carbonyl (C=O) groups is 7.